The van der Waals surface area contributed by atoms with Crippen molar-refractivity contribution in [1.82, 2.24) is 10.3 Å². The molecule has 0 spiro atoms. The highest BCUT2D eigenvalue weighted by atomic mass is 14.9. The van der Waals surface area contributed by atoms with E-state index in [0.29, 0.717) is 6.04 Å². The van der Waals surface area contributed by atoms with Crippen LogP contribution < -0.4 is 5.32 Å². The summed E-state index contributed by atoms with van der Waals surface area (Å²) in [4.78, 5) is 7.50. The molecule has 108 valence electrons. The summed E-state index contributed by atoms with van der Waals surface area (Å²) in [7, 11) is 1.82. The van der Waals surface area contributed by atoms with Crippen molar-refractivity contribution < 1.29 is 0 Å². The fourth-order valence-corrected chi connectivity index (χ4v) is 2.96. The Hall–Kier alpha value is -2.13. The molecular weight excluding hydrogens is 258 g/mol. The lowest BCUT2D eigenvalue weighted by Crippen LogP contribution is -2.24. The highest BCUT2D eigenvalue weighted by molar-refractivity contribution is 5.96. The van der Waals surface area contributed by atoms with Crippen molar-refractivity contribution in [2.75, 3.05) is 13.6 Å². The predicted molar refractivity (Wildman–Crippen MR) is 90.9 cm³/mol. The van der Waals surface area contributed by atoms with E-state index in [9.17, 15) is 0 Å². The minimum absolute atomic E-state index is 0.399. The Morgan fingerprint density at radius 3 is 3.00 bits per heavy atom. The quantitative estimate of drug-likeness (QED) is 0.652. The Morgan fingerprint density at radius 1 is 1.38 bits per heavy atom. The molecule has 1 aliphatic rings. The summed E-state index contributed by atoms with van der Waals surface area (Å²) in [5.41, 5.74) is 4.54. The molecule has 2 heterocycles. The normalized spacial score (nSPS) is 19.7. The van der Waals surface area contributed by atoms with Gasteiger partial charge in [-0.3, -0.25) is 4.99 Å². The van der Waals surface area contributed by atoms with E-state index in [1.165, 1.54) is 23.8 Å². The molecule has 2 aromatic rings. The number of fused-ring (bicyclic) bond motifs is 1. The molecule has 1 aromatic heterocycles. The fourth-order valence-electron chi connectivity index (χ4n) is 2.96. The maximum atomic E-state index is 4.25. The Bertz CT molecular complexity index is 700. The Kier molecular flexibility index (Phi) is 4.02. The van der Waals surface area contributed by atoms with Crippen molar-refractivity contribution in [3.63, 3.8) is 0 Å². The Labute approximate surface area is 125 Å². The molecule has 0 saturated carbocycles. The highest BCUT2D eigenvalue weighted by Gasteiger charge is 2.17. The van der Waals surface area contributed by atoms with Gasteiger partial charge in [0, 0.05) is 42.0 Å². The second-order valence-corrected chi connectivity index (χ2v) is 5.45. The molecule has 0 amide bonds. The second kappa shape index (κ2) is 6.10. The van der Waals surface area contributed by atoms with Gasteiger partial charge in [0.2, 0.25) is 0 Å². The lowest BCUT2D eigenvalue weighted by Gasteiger charge is -2.12. The number of rotatable bonds is 4. The van der Waals surface area contributed by atoms with Gasteiger partial charge in [0.1, 0.15) is 0 Å². The molecule has 21 heavy (non-hydrogen) atoms. The van der Waals surface area contributed by atoms with E-state index in [-0.39, 0.29) is 0 Å². The SMILES string of the molecule is C=C(/C=C(\C=N/C)[C@@H]1CCCN1)c1c[nH]c2ccccc12. The zero-order chi connectivity index (χ0) is 14.7. The molecule has 3 heteroatoms. The first-order chi connectivity index (χ1) is 10.3. The smallest absolute Gasteiger partial charge is 0.0460 e. The fraction of sp³-hybridized carbons (Fsp3) is 0.278. The Balaban J connectivity index is 1.94. The molecule has 3 nitrogen and oxygen atoms in total. The number of aliphatic imine (C=N–C) groups is 1. The van der Waals surface area contributed by atoms with Gasteiger partial charge in [-0.2, -0.15) is 0 Å². The molecular formula is C18H21N3. The minimum Gasteiger partial charge on any atom is -0.361 e. The number of aromatic nitrogens is 1. The molecule has 1 fully saturated rings. The van der Waals surface area contributed by atoms with Crippen molar-refractivity contribution in [2.45, 2.75) is 18.9 Å². The molecule has 1 aromatic carbocycles. The zero-order valence-electron chi connectivity index (χ0n) is 12.4. The number of hydrogen-bond donors (Lipinski definition) is 2. The van der Waals surface area contributed by atoms with Crippen molar-refractivity contribution in [3.8, 4) is 0 Å². The van der Waals surface area contributed by atoms with Gasteiger partial charge >= 0.3 is 0 Å². The van der Waals surface area contributed by atoms with Crippen LogP contribution in [0.25, 0.3) is 16.5 Å². The number of H-pyrrole nitrogens is 1. The van der Waals surface area contributed by atoms with Crippen LogP contribution in [0.4, 0.5) is 0 Å². The molecule has 0 unspecified atom stereocenters. The summed E-state index contributed by atoms with van der Waals surface area (Å²) in [6.45, 7) is 5.34. The third-order valence-corrected chi connectivity index (χ3v) is 4.02. The van der Waals surface area contributed by atoms with Crippen molar-refractivity contribution in [1.29, 1.82) is 0 Å². The lowest BCUT2D eigenvalue weighted by atomic mass is 9.99. The molecule has 1 saturated heterocycles. The third-order valence-electron chi connectivity index (χ3n) is 4.02. The molecule has 1 atom stereocenters. The predicted octanol–water partition coefficient (Wildman–Crippen LogP) is 3.56. The van der Waals surface area contributed by atoms with Gasteiger partial charge in [-0.15, -0.1) is 0 Å². The summed E-state index contributed by atoms with van der Waals surface area (Å²) in [5.74, 6) is 0. The number of nitrogens with zero attached hydrogens (tertiary/aromatic N) is 1. The highest BCUT2D eigenvalue weighted by Crippen LogP contribution is 2.26. The molecule has 1 aliphatic heterocycles. The molecule has 0 aliphatic carbocycles. The standard InChI is InChI=1S/C18H21N3/c1-13(10-14(11-19-2)17-8-5-9-20-17)16-12-21-18-7-4-3-6-15(16)18/h3-4,6-7,10-12,17,20-21H,1,5,8-9H2,2H3/b14-10+,19-11-/t17-/m0/s1. The summed E-state index contributed by atoms with van der Waals surface area (Å²) in [6, 6.07) is 8.71. The van der Waals surface area contributed by atoms with Crippen LogP contribution in [-0.4, -0.2) is 30.8 Å². The lowest BCUT2D eigenvalue weighted by molar-refractivity contribution is 0.712. The summed E-state index contributed by atoms with van der Waals surface area (Å²) < 4.78 is 0. The third kappa shape index (κ3) is 2.83. The molecule has 0 bridgehead atoms. The number of benzene rings is 1. The van der Waals surface area contributed by atoms with E-state index >= 15 is 0 Å². The van der Waals surface area contributed by atoms with Crippen LogP contribution in [0.5, 0.6) is 0 Å². The van der Waals surface area contributed by atoms with Crippen molar-refractivity contribution in [2.24, 2.45) is 4.99 Å². The van der Waals surface area contributed by atoms with E-state index in [1.807, 2.05) is 25.5 Å². The first kappa shape index (κ1) is 13.8. The Morgan fingerprint density at radius 2 is 2.24 bits per heavy atom. The monoisotopic (exact) mass is 279 g/mol. The van der Waals surface area contributed by atoms with Gasteiger partial charge in [0.15, 0.2) is 0 Å². The molecule has 3 rings (SSSR count). The van der Waals surface area contributed by atoms with Crippen LogP contribution in [0.15, 0.2) is 53.7 Å². The van der Waals surface area contributed by atoms with E-state index in [1.54, 1.807) is 0 Å². The summed E-state index contributed by atoms with van der Waals surface area (Å²) >= 11 is 0. The number of aromatic amines is 1. The molecule has 2 N–H and O–H groups in total. The number of para-hydroxylation sites is 1. The first-order valence-electron chi connectivity index (χ1n) is 7.42. The van der Waals surface area contributed by atoms with Crippen LogP contribution in [0.2, 0.25) is 0 Å². The number of nitrogens with one attached hydrogen (secondary N) is 2. The second-order valence-electron chi connectivity index (χ2n) is 5.45. The van der Waals surface area contributed by atoms with Gasteiger partial charge in [-0.25, -0.2) is 0 Å². The van der Waals surface area contributed by atoms with E-state index in [4.69, 9.17) is 0 Å². The summed E-state index contributed by atoms with van der Waals surface area (Å²) in [6.07, 6.45) is 8.53. The number of hydrogen-bond acceptors (Lipinski definition) is 2. The maximum absolute atomic E-state index is 4.25. The van der Waals surface area contributed by atoms with Gasteiger partial charge in [-0.05, 0) is 42.7 Å². The zero-order valence-corrected chi connectivity index (χ0v) is 12.4. The minimum atomic E-state index is 0.399. The molecule has 0 radical (unpaired) electrons. The van der Waals surface area contributed by atoms with E-state index < -0.39 is 0 Å². The van der Waals surface area contributed by atoms with Crippen LogP contribution in [0.1, 0.15) is 18.4 Å². The van der Waals surface area contributed by atoms with Gasteiger partial charge in [0.05, 0.1) is 0 Å². The van der Waals surface area contributed by atoms with Crippen LogP contribution in [0.3, 0.4) is 0 Å². The van der Waals surface area contributed by atoms with E-state index in [0.717, 1.165) is 23.2 Å². The number of allylic oxidation sites excluding steroid dienone is 2. The van der Waals surface area contributed by atoms with Gasteiger partial charge in [0.25, 0.3) is 0 Å². The van der Waals surface area contributed by atoms with Crippen LogP contribution in [-0.2, 0) is 0 Å². The van der Waals surface area contributed by atoms with Crippen LogP contribution >= 0.6 is 0 Å². The van der Waals surface area contributed by atoms with Crippen molar-refractivity contribution in [3.05, 3.63) is 54.3 Å². The van der Waals surface area contributed by atoms with Gasteiger partial charge in [-0.1, -0.05) is 24.8 Å². The van der Waals surface area contributed by atoms with Gasteiger partial charge < -0.3 is 10.3 Å². The summed E-state index contributed by atoms with van der Waals surface area (Å²) in [5, 5.41) is 4.73. The first-order valence-corrected chi connectivity index (χ1v) is 7.42. The average molecular weight is 279 g/mol. The topological polar surface area (TPSA) is 40.2 Å². The van der Waals surface area contributed by atoms with E-state index in [2.05, 4.69) is 46.1 Å². The maximum Gasteiger partial charge on any atom is 0.0460 e. The van der Waals surface area contributed by atoms with Crippen molar-refractivity contribution >= 4 is 22.7 Å². The largest absolute Gasteiger partial charge is 0.361 e. The van der Waals surface area contributed by atoms with Crippen LogP contribution in [0, 0.1) is 0 Å². The average Bonchev–Trinajstić information content (AvgIpc) is 3.16.